The van der Waals surface area contributed by atoms with Gasteiger partial charge in [0, 0.05) is 6.04 Å². The Bertz CT molecular complexity index is 250. The van der Waals surface area contributed by atoms with Crippen LogP contribution in [0.2, 0.25) is 0 Å². The zero-order valence-electron chi connectivity index (χ0n) is 11.5. The van der Waals surface area contributed by atoms with Gasteiger partial charge in [0.25, 0.3) is 0 Å². The molecule has 0 saturated heterocycles. The largest absolute Gasteiger partial charge is 0.352 e. The van der Waals surface area contributed by atoms with E-state index in [1.807, 2.05) is 20.8 Å². The maximum absolute atomic E-state index is 11.9. The summed E-state index contributed by atoms with van der Waals surface area (Å²) in [6.45, 7) is 8.25. The first-order valence-corrected chi connectivity index (χ1v) is 6.36. The van der Waals surface area contributed by atoms with Crippen molar-refractivity contribution in [3.05, 3.63) is 0 Å². The average Bonchev–Trinajstić information content (AvgIpc) is 2.15. The Hall–Kier alpha value is -0.280. The second-order valence-corrected chi connectivity index (χ2v) is 6.32. The zero-order valence-corrected chi connectivity index (χ0v) is 12.3. The fourth-order valence-corrected chi connectivity index (χ4v) is 2.25. The molecule has 3 nitrogen and oxygen atoms in total. The summed E-state index contributed by atoms with van der Waals surface area (Å²) in [5.41, 5.74) is 5.77. The third kappa shape index (κ3) is 5.26. The summed E-state index contributed by atoms with van der Waals surface area (Å²) < 4.78 is 0. The molecule has 3 N–H and O–H groups in total. The summed E-state index contributed by atoms with van der Waals surface area (Å²) in [5.74, 6) is 0.733. The van der Waals surface area contributed by atoms with Gasteiger partial charge in [-0.25, -0.2) is 0 Å². The standard InChI is InChI=1S/C13H26N2O.ClH/c1-9-6-5-7-10(8-9)15-12(16)11(14)13(2,3)4;/h9-11H,5-8,14H2,1-4H3,(H,15,16);1H/t9?,10?,11-;/m1./s1. The van der Waals surface area contributed by atoms with E-state index in [1.54, 1.807) is 0 Å². The lowest BCUT2D eigenvalue weighted by Gasteiger charge is -2.31. The van der Waals surface area contributed by atoms with Crippen LogP contribution >= 0.6 is 12.4 Å². The fourth-order valence-electron chi connectivity index (χ4n) is 2.25. The molecule has 1 saturated carbocycles. The molecule has 102 valence electrons. The number of carbonyl (C=O) groups excluding carboxylic acids is 1. The lowest BCUT2D eigenvalue weighted by Crippen LogP contribution is -2.52. The second-order valence-electron chi connectivity index (χ2n) is 6.32. The van der Waals surface area contributed by atoms with Gasteiger partial charge in [-0.15, -0.1) is 12.4 Å². The van der Waals surface area contributed by atoms with Crippen molar-refractivity contribution in [1.29, 1.82) is 0 Å². The Labute approximate surface area is 111 Å². The molecule has 0 aliphatic heterocycles. The van der Waals surface area contributed by atoms with Crippen molar-refractivity contribution in [2.75, 3.05) is 0 Å². The Morgan fingerprint density at radius 1 is 1.35 bits per heavy atom. The van der Waals surface area contributed by atoms with Gasteiger partial charge < -0.3 is 11.1 Å². The number of rotatable bonds is 2. The molecule has 1 aliphatic carbocycles. The molecule has 4 heteroatoms. The van der Waals surface area contributed by atoms with Crippen LogP contribution in [0.4, 0.5) is 0 Å². The molecule has 0 radical (unpaired) electrons. The molecular formula is C13H27ClN2O. The van der Waals surface area contributed by atoms with Crippen molar-refractivity contribution in [2.24, 2.45) is 17.1 Å². The molecule has 0 aromatic carbocycles. The molecular weight excluding hydrogens is 236 g/mol. The van der Waals surface area contributed by atoms with Crippen LogP contribution in [0.3, 0.4) is 0 Å². The number of nitrogens with one attached hydrogen (secondary N) is 1. The highest BCUT2D eigenvalue weighted by molar-refractivity contribution is 5.85. The van der Waals surface area contributed by atoms with Crippen LogP contribution in [-0.2, 0) is 4.79 Å². The highest BCUT2D eigenvalue weighted by Crippen LogP contribution is 2.24. The number of amides is 1. The molecule has 1 aliphatic rings. The Kier molecular flexibility index (Phi) is 6.49. The van der Waals surface area contributed by atoms with Gasteiger partial charge in [-0.2, -0.15) is 0 Å². The highest BCUT2D eigenvalue weighted by Gasteiger charge is 2.29. The quantitative estimate of drug-likeness (QED) is 0.803. The smallest absolute Gasteiger partial charge is 0.237 e. The summed E-state index contributed by atoms with van der Waals surface area (Å²) in [4.78, 5) is 11.9. The number of hydrogen-bond acceptors (Lipinski definition) is 2. The van der Waals surface area contributed by atoms with Crippen molar-refractivity contribution >= 4 is 18.3 Å². The zero-order chi connectivity index (χ0) is 12.3. The van der Waals surface area contributed by atoms with E-state index in [0.717, 1.165) is 18.8 Å². The summed E-state index contributed by atoms with van der Waals surface area (Å²) in [6.07, 6.45) is 4.71. The van der Waals surface area contributed by atoms with E-state index in [-0.39, 0.29) is 23.7 Å². The number of halogens is 1. The summed E-state index contributed by atoms with van der Waals surface area (Å²) >= 11 is 0. The van der Waals surface area contributed by atoms with Gasteiger partial charge in [-0.05, 0) is 24.2 Å². The van der Waals surface area contributed by atoms with E-state index < -0.39 is 6.04 Å². The third-order valence-electron chi connectivity index (χ3n) is 3.50. The monoisotopic (exact) mass is 262 g/mol. The molecule has 2 unspecified atom stereocenters. The first-order chi connectivity index (χ1) is 7.30. The SMILES string of the molecule is CC1CCCC(NC(=O)[C@@H](N)C(C)(C)C)C1.Cl. The number of hydrogen-bond donors (Lipinski definition) is 2. The van der Waals surface area contributed by atoms with Crippen molar-refractivity contribution in [3.63, 3.8) is 0 Å². The topological polar surface area (TPSA) is 55.1 Å². The molecule has 0 heterocycles. The minimum absolute atomic E-state index is 0. The minimum Gasteiger partial charge on any atom is -0.352 e. The van der Waals surface area contributed by atoms with E-state index in [2.05, 4.69) is 12.2 Å². The third-order valence-corrected chi connectivity index (χ3v) is 3.50. The van der Waals surface area contributed by atoms with Crippen LogP contribution in [0.15, 0.2) is 0 Å². The maximum atomic E-state index is 11.9. The number of nitrogens with two attached hydrogens (primary N) is 1. The van der Waals surface area contributed by atoms with Crippen LogP contribution in [0.25, 0.3) is 0 Å². The van der Waals surface area contributed by atoms with Crippen LogP contribution in [0, 0.1) is 11.3 Å². The van der Waals surface area contributed by atoms with Gasteiger partial charge in [0.1, 0.15) is 0 Å². The van der Waals surface area contributed by atoms with Gasteiger partial charge in [0.05, 0.1) is 6.04 Å². The summed E-state index contributed by atoms with van der Waals surface area (Å²) in [5, 5.41) is 3.09. The lowest BCUT2D eigenvalue weighted by molar-refractivity contribution is -0.125. The maximum Gasteiger partial charge on any atom is 0.237 e. The van der Waals surface area contributed by atoms with Crippen molar-refractivity contribution < 1.29 is 4.79 Å². The molecule has 1 amide bonds. The van der Waals surface area contributed by atoms with Crippen LogP contribution in [0.1, 0.15) is 53.4 Å². The van der Waals surface area contributed by atoms with Crippen molar-refractivity contribution in [3.8, 4) is 0 Å². The van der Waals surface area contributed by atoms with Gasteiger partial charge in [0.15, 0.2) is 0 Å². The average molecular weight is 263 g/mol. The second kappa shape index (κ2) is 6.60. The van der Waals surface area contributed by atoms with Crippen molar-refractivity contribution in [2.45, 2.75) is 65.5 Å². The molecule has 1 fully saturated rings. The van der Waals surface area contributed by atoms with E-state index >= 15 is 0 Å². The van der Waals surface area contributed by atoms with Crippen molar-refractivity contribution in [1.82, 2.24) is 5.32 Å². The summed E-state index contributed by atoms with van der Waals surface area (Å²) in [6, 6.07) is -0.0746. The fraction of sp³-hybridized carbons (Fsp3) is 0.923. The van der Waals surface area contributed by atoms with Gasteiger partial charge in [0.2, 0.25) is 5.91 Å². The molecule has 1 rings (SSSR count). The van der Waals surface area contributed by atoms with E-state index in [4.69, 9.17) is 5.73 Å². The van der Waals surface area contributed by atoms with Crippen LogP contribution < -0.4 is 11.1 Å². The molecule has 17 heavy (non-hydrogen) atoms. The first-order valence-electron chi connectivity index (χ1n) is 6.36. The first kappa shape index (κ1) is 16.7. The van der Waals surface area contributed by atoms with Gasteiger partial charge >= 0.3 is 0 Å². The van der Waals surface area contributed by atoms with E-state index in [9.17, 15) is 4.79 Å². The summed E-state index contributed by atoms with van der Waals surface area (Å²) in [7, 11) is 0. The van der Waals surface area contributed by atoms with E-state index in [1.165, 1.54) is 12.8 Å². The van der Waals surface area contributed by atoms with Crippen LogP contribution in [0.5, 0.6) is 0 Å². The Morgan fingerprint density at radius 2 is 1.94 bits per heavy atom. The molecule has 0 aromatic heterocycles. The van der Waals surface area contributed by atoms with Gasteiger partial charge in [-0.1, -0.05) is 40.5 Å². The highest BCUT2D eigenvalue weighted by atomic mass is 35.5. The predicted molar refractivity (Wildman–Crippen MR) is 74.2 cm³/mol. The number of carbonyl (C=O) groups is 1. The lowest BCUT2D eigenvalue weighted by atomic mass is 9.84. The molecule has 0 spiro atoms. The Morgan fingerprint density at radius 3 is 2.41 bits per heavy atom. The van der Waals surface area contributed by atoms with Crippen LogP contribution in [-0.4, -0.2) is 18.0 Å². The molecule has 0 bridgehead atoms. The van der Waals surface area contributed by atoms with E-state index in [0.29, 0.717) is 6.04 Å². The Balaban J connectivity index is 0.00000256. The molecule has 3 atom stereocenters. The minimum atomic E-state index is -0.412. The van der Waals surface area contributed by atoms with Gasteiger partial charge in [-0.3, -0.25) is 4.79 Å². The molecule has 0 aromatic rings. The normalized spacial score (nSPS) is 26.9. The predicted octanol–water partition coefficient (Wildman–Crippen LogP) is 2.48.